The topological polar surface area (TPSA) is 50.2 Å². The highest BCUT2D eigenvalue weighted by molar-refractivity contribution is 5.77. The molecule has 1 aromatic heterocycles. The molecule has 0 aliphatic rings. The van der Waals surface area contributed by atoms with Crippen molar-refractivity contribution in [3.05, 3.63) is 91.2 Å². The van der Waals surface area contributed by atoms with E-state index in [2.05, 4.69) is 72.6 Å². The second kappa shape index (κ2) is 20.0. The first-order chi connectivity index (χ1) is 15.7. The highest BCUT2D eigenvalue weighted by Gasteiger charge is 1.92. The van der Waals surface area contributed by atoms with E-state index in [1.807, 2.05) is 30.5 Å². The van der Waals surface area contributed by atoms with Crippen molar-refractivity contribution < 1.29 is 9.90 Å². The minimum Gasteiger partial charge on any atom is -0.481 e. The summed E-state index contributed by atoms with van der Waals surface area (Å²) < 4.78 is 0. The molecule has 1 N–H and O–H groups in total. The number of allylic oxidation sites excluding steroid dienone is 8. The molecule has 0 radical (unpaired) electrons. The Kier molecular flexibility index (Phi) is 16.9. The maximum Gasteiger partial charge on any atom is 0.303 e. The third kappa shape index (κ3) is 15.8. The number of benzene rings is 1. The molecule has 0 spiro atoms. The molecule has 2 aromatic rings. The first kappa shape index (κ1) is 27.1. The molecular weight excluding hydrogens is 394 g/mol. The van der Waals surface area contributed by atoms with Crippen LogP contribution in [-0.4, -0.2) is 16.1 Å². The van der Waals surface area contributed by atoms with Crippen LogP contribution in [0.5, 0.6) is 0 Å². The van der Waals surface area contributed by atoms with Gasteiger partial charge in [-0.1, -0.05) is 92.6 Å². The molecule has 1 aromatic carbocycles. The second-order valence-corrected chi connectivity index (χ2v) is 7.57. The number of pyridine rings is 1. The smallest absolute Gasteiger partial charge is 0.303 e. The summed E-state index contributed by atoms with van der Waals surface area (Å²) >= 11 is 0. The first-order valence-corrected chi connectivity index (χ1v) is 11.9. The fourth-order valence-electron chi connectivity index (χ4n) is 2.95. The van der Waals surface area contributed by atoms with Crippen molar-refractivity contribution in [3.63, 3.8) is 0 Å². The van der Waals surface area contributed by atoms with Crippen LogP contribution >= 0.6 is 0 Å². The molecule has 0 aliphatic heterocycles. The molecule has 3 heteroatoms. The van der Waals surface area contributed by atoms with Crippen molar-refractivity contribution in [2.45, 2.75) is 71.1 Å². The largest absolute Gasteiger partial charge is 0.481 e. The molecule has 32 heavy (non-hydrogen) atoms. The van der Waals surface area contributed by atoms with Gasteiger partial charge in [-0.3, -0.25) is 9.78 Å². The van der Waals surface area contributed by atoms with Crippen molar-refractivity contribution in [2.75, 3.05) is 0 Å². The van der Waals surface area contributed by atoms with Crippen molar-refractivity contribution >= 4 is 16.9 Å². The Bertz CT molecular complexity index is 784. The van der Waals surface area contributed by atoms with E-state index in [1.165, 1.54) is 31.1 Å². The summed E-state index contributed by atoms with van der Waals surface area (Å²) in [5.74, 6) is -0.712. The van der Waals surface area contributed by atoms with E-state index < -0.39 is 5.97 Å². The Labute approximate surface area is 194 Å². The van der Waals surface area contributed by atoms with Crippen molar-refractivity contribution in [1.82, 2.24) is 4.98 Å². The third-order valence-electron chi connectivity index (χ3n) is 4.73. The molecule has 0 aliphatic carbocycles. The second-order valence-electron chi connectivity index (χ2n) is 7.57. The van der Waals surface area contributed by atoms with Crippen LogP contribution in [0.4, 0.5) is 0 Å². The molecular formula is C29H39NO2. The van der Waals surface area contributed by atoms with Gasteiger partial charge >= 0.3 is 5.97 Å². The van der Waals surface area contributed by atoms with Gasteiger partial charge in [-0.05, 0) is 57.1 Å². The minimum absolute atomic E-state index is 0.262. The van der Waals surface area contributed by atoms with Crippen molar-refractivity contribution in [3.8, 4) is 0 Å². The lowest BCUT2D eigenvalue weighted by atomic mass is 10.2. The molecule has 0 saturated carbocycles. The molecule has 2 rings (SSSR count). The van der Waals surface area contributed by atoms with Crippen molar-refractivity contribution in [1.29, 1.82) is 0 Å². The molecule has 0 bridgehead atoms. The zero-order valence-electron chi connectivity index (χ0n) is 19.5. The number of fused-ring (bicyclic) bond motifs is 1. The van der Waals surface area contributed by atoms with Gasteiger partial charge in [0.1, 0.15) is 0 Å². The standard InChI is InChI=1S/C20H32O2.C9H7N/c1-2-3-4-5-6-7-8-9-10-11-12-13-14-15-16-17-18-19-20(21)22;1-2-6-9-8(4-1)5-3-7-10-9/h6-7,9-10,12-13,15-16H,2-5,8,11,14,17-19H2,1H3,(H,21,22);1-7H/b7-6-,10-9-,13-12-,16-15-;. The van der Waals surface area contributed by atoms with Crippen LogP contribution in [0.1, 0.15) is 71.1 Å². The maximum absolute atomic E-state index is 10.3. The Morgan fingerprint density at radius 2 is 1.34 bits per heavy atom. The van der Waals surface area contributed by atoms with Gasteiger partial charge in [-0.2, -0.15) is 0 Å². The van der Waals surface area contributed by atoms with Crippen LogP contribution in [0, 0.1) is 0 Å². The van der Waals surface area contributed by atoms with E-state index in [9.17, 15) is 4.79 Å². The number of unbranched alkanes of at least 4 members (excludes halogenated alkanes) is 4. The van der Waals surface area contributed by atoms with Gasteiger partial charge in [0.2, 0.25) is 0 Å². The normalized spacial score (nSPS) is 11.7. The van der Waals surface area contributed by atoms with Crippen LogP contribution < -0.4 is 0 Å². The summed E-state index contributed by atoms with van der Waals surface area (Å²) in [4.78, 5) is 14.5. The molecule has 0 fully saturated rings. The number of aliphatic carboxylic acids is 1. The number of hydrogen-bond acceptors (Lipinski definition) is 2. The Hall–Kier alpha value is -2.94. The lowest BCUT2D eigenvalue weighted by Gasteiger charge is -1.91. The predicted octanol–water partition coefficient (Wildman–Crippen LogP) is 8.45. The van der Waals surface area contributed by atoms with Crippen LogP contribution in [0.25, 0.3) is 10.9 Å². The first-order valence-electron chi connectivity index (χ1n) is 11.9. The zero-order chi connectivity index (χ0) is 23.1. The number of rotatable bonds is 14. The number of carboxylic acids is 1. The lowest BCUT2D eigenvalue weighted by molar-refractivity contribution is -0.137. The number of carbonyl (C=O) groups is 1. The van der Waals surface area contributed by atoms with Crippen LogP contribution in [0.3, 0.4) is 0 Å². The van der Waals surface area contributed by atoms with Gasteiger partial charge in [0.15, 0.2) is 0 Å². The maximum atomic E-state index is 10.3. The quantitative estimate of drug-likeness (QED) is 0.240. The molecule has 0 unspecified atom stereocenters. The van der Waals surface area contributed by atoms with Crippen LogP contribution in [0.2, 0.25) is 0 Å². The highest BCUT2D eigenvalue weighted by Crippen LogP contribution is 2.08. The van der Waals surface area contributed by atoms with E-state index in [0.29, 0.717) is 0 Å². The van der Waals surface area contributed by atoms with Gasteiger partial charge in [-0.15, -0.1) is 0 Å². The van der Waals surface area contributed by atoms with Gasteiger partial charge in [0.05, 0.1) is 5.52 Å². The van der Waals surface area contributed by atoms with E-state index in [-0.39, 0.29) is 6.42 Å². The fourth-order valence-corrected chi connectivity index (χ4v) is 2.95. The van der Waals surface area contributed by atoms with Gasteiger partial charge in [-0.25, -0.2) is 0 Å². The monoisotopic (exact) mass is 433 g/mol. The van der Waals surface area contributed by atoms with Crippen LogP contribution in [-0.2, 0) is 4.79 Å². The van der Waals surface area contributed by atoms with E-state index >= 15 is 0 Å². The average Bonchev–Trinajstić information content (AvgIpc) is 2.81. The molecule has 172 valence electrons. The Morgan fingerprint density at radius 1 is 0.781 bits per heavy atom. The molecule has 0 atom stereocenters. The summed E-state index contributed by atoms with van der Waals surface area (Å²) in [6.45, 7) is 2.23. The number of hydrogen-bond donors (Lipinski definition) is 1. The van der Waals surface area contributed by atoms with E-state index in [1.54, 1.807) is 0 Å². The Balaban J connectivity index is 0.000000416. The number of aromatic nitrogens is 1. The average molecular weight is 434 g/mol. The van der Waals surface area contributed by atoms with Gasteiger partial charge in [0, 0.05) is 18.0 Å². The number of nitrogens with zero attached hydrogens (tertiary/aromatic N) is 1. The summed E-state index contributed by atoms with van der Waals surface area (Å²) in [5, 5.41) is 9.69. The molecule has 3 nitrogen and oxygen atoms in total. The summed E-state index contributed by atoms with van der Waals surface area (Å²) in [6.07, 6.45) is 29.1. The van der Waals surface area contributed by atoms with Crippen LogP contribution in [0.15, 0.2) is 91.2 Å². The van der Waals surface area contributed by atoms with E-state index in [4.69, 9.17) is 5.11 Å². The fraction of sp³-hybridized carbons (Fsp3) is 0.379. The Morgan fingerprint density at radius 3 is 1.94 bits per heavy atom. The number of carboxylic acid groups (broad SMARTS) is 1. The number of para-hydroxylation sites is 1. The SMILES string of the molecule is CCCCC/C=C\C/C=C\C/C=C\C/C=C\CCCC(=O)O.c1ccc2ncccc2c1. The predicted molar refractivity (Wildman–Crippen MR) is 138 cm³/mol. The van der Waals surface area contributed by atoms with Gasteiger partial charge < -0.3 is 5.11 Å². The summed E-state index contributed by atoms with van der Waals surface area (Å²) in [7, 11) is 0. The summed E-state index contributed by atoms with van der Waals surface area (Å²) in [6, 6.07) is 12.1. The van der Waals surface area contributed by atoms with E-state index in [0.717, 1.165) is 37.6 Å². The molecule has 0 saturated heterocycles. The molecule has 0 amide bonds. The molecule has 1 heterocycles. The highest BCUT2D eigenvalue weighted by atomic mass is 16.4. The van der Waals surface area contributed by atoms with Crippen molar-refractivity contribution in [2.24, 2.45) is 0 Å². The lowest BCUT2D eigenvalue weighted by Crippen LogP contribution is -1.92. The minimum atomic E-state index is -0.712. The van der Waals surface area contributed by atoms with Gasteiger partial charge in [0.25, 0.3) is 0 Å². The zero-order valence-corrected chi connectivity index (χ0v) is 19.5. The third-order valence-corrected chi connectivity index (χ3v) is 4.73. The summed E-state index contributed by atoms with van der Waals surface area (Å²) in [5.41, 5.74) is 1.06.